The second-order valence-corrected chi connectivity index (χ2v) is 9.04. The van der Waals surface area contributed by atoms with Crippen molar-refractivity contribution in [2.24, 2.45) is 5.41 Å². The molecular weight excluding hydrogens is 342 g/mol. The lowest BCUT2D eigenvalue weighted by Crippen LogP contribution is -2.52. The molecule has 1 atom stereocenters. The molecule has 1 N–H and O–H groups in total. The Balaban J connectivity index is 2.05. The second-order valence-electron chi connectivity index (χ2n) is 6.81. The van der Waals surface area contributed by atoms with Gasteiger partial charge in [0.05, 0.1) is 11.5 Å². The van der Waals surface area contributed by atoms with Gasteiger partial charge >= 0.3 is 0 Å². The van der Waals surface area contributed by atoms with Gasteiger partial charge in [0.25, 0.3) is 0 Å². The van der Waals surface area contributed by atoms with Gasteiger partial charge in [0.15, 0.2) is 9.84 Å². The summed E-state index contributed by atoms with van der Waals surface area (Å²) in [5.74, 6) is -0.657. The van der Waals surface area contributed by atoms with Crippen LogP contribution in [0, 0.1) is 5.41 Å². The van der Waals surface area contributed by atoms with E-state index in [1.165, 1.54) is 4.90 Å². The van der Waals surface area contributed by atoms with Gasteiger partial charge in [0.1, 0.15) is 5.41 Å². The van der Waals surface area contributed by atoms with Crippen LogP contribution in [0.15, 0.2) is 24.5 Å². The monoisotopic (exact) mass is 367 g/mol. The standard InChI is InChI=1S/C17H25N3O4S/c1-4-20(14-7-10-25(23,24)12-14)16(22)17(2,3)15(21)19-11-13-5-8-18-9-6-13/h5-6,8-9,14H,4,7,10-12H2,1-3H3,(H,19,21). The zero-order chi connectivity index (χ0) is 18.7. The van der Waals surface area contributed by atoms with E-state index in [-0.39, 0.29) is 29.4 Å². The molecule has 1 aromatic heterocycles. The number of carbonyl (C=O) groups excluding carboxylic acids is 2. The van der Waals surface area contributed by atoms with Crippen molar-refractivity contribution in [1.29, 1.82) is 0 Å². The van der Waals surface area contributed by atoms with Gasteiger partial charge < -0.3 is 10.2 Å². The molecule has 1 fully saturated rings. The van der Waals surface area contributed by atoms with Crippen molar-refractivity contribution in [1.82, 2.24) is 15.2 Å². The number of sulfone groups is 1. The average Bonchev–Trinajstić information content (AvgIpc) is 2.93. The molecule has 0 radical (unpaired) electrons. The van der Waals surface area contributed by atoms with Crippen LogP contribution in [0.5, 0.6) is 0 Å². The highest BCUT2D eigenvalue weighted by Crippen LogP contribution is 2.25. The van der Waals surface area contributed by atoms with Gasteiger partial charge in [0.2, 0.25) is 11.8 Å². The SMILES string of the molecule is CCN(C(=O)C(C)(C)C(=O)NCc1ccncc1)C1CCS(=O)(=O)C1. The summed E-state index contributed by atoms with van der Waals surface area (Å²) in [6.07, 6.45) is 3.70. The third-order valence-corrected chi connectivity index (χ3v) is 6.31. The molecule has 1 saturated heterocycles. The number of hydrogen-bond acceptors (Lipinski definition) is 5. The number of nitrogens with zero attached hydrogens (tertiary/aromatic N) is 2. The number of pyridine rings is 1. The lowest BCUT2D eigenvalue weighted by molar-refractivity contribution is -0.149. The minimum absolute atomic E-state index is 0.0265. The molecule has 0 saturated carbocycles. The Morgan fingerprint density at radius 3 is 2.48 bits per heavy atom. The number of amides is 2. The van der Waals surface area contributed by atoms with Crippen LogP contribution in [0.1, 0.15) is 32.8 Å². The van der Waals surface area contributed by atoms with Gasteiger partial charge in [-0.05, 0) is 44.9 Å². The van der Waals surface area contributed by atoms with Crippen molar-refractivity contribution in [3.05, 3.63) is 30.1 Å². The molecule has 25 heavy (non-hydrogen) atoms. The van der Waals surface area contributed by atoms with Gasteiger partial charge in [-0.15, -0.1) is 0 Å². The van der Waals surface area contributed by atoms with E-state index >= 15 is 0 Å². The van der Waals surface area contributed by atoms with Gasteiger partial charge in [-0.25, -0.2) is 8.42 Å². The van der Waals surface area contributed by atoms with Gasteiger partial charge in [0, 0.05) is 31.5 Å². The third-order valence-electron chi connectivity index (χ3n) is 4.56. The fourth-order valence-corrected chi connectivity index (χ4v) is 4.68. The Labute approximate surface area is 148 Å². The maximum absolute atomic E-state index is 12.9. The molecular formula is C17H25N3O4S. The second kappa shape index (κ2) is 7.51. The van der Waals surface area contributed by atoms with E-state index in [9.17, 15) is 18.0 Å². The molecule has 2 amide bonds. The average molecular weight is 367 g/mol. The van der Waals surface area contributed by atoms with Crippen molar-refractivity contribution in [2.45, 2.75) is 39.8 Å². The zero-order valence-electron chi connectivity index (χ0n) is 14.9. The molecule has 0 spiro atoms. The van der Waals surface area contributed by atoms with Crippen LogP contribution in [0.2, 0.25) is 0 Å². The van der Waals surface area contributed by atoms with Crippen LogP contribution in [0.3, 0.4) is 0 Å². The molecule has 138 valence electrons. The number of rotatable bonds is 6. The number of nitrogens with one attached hydrogen (secondary N) is 1. The fraction of sp³-hybridized carbons (Fsp3) is 0.588. The predicted octanol–water partition coefficient (Wildman–Crippen LogP) is 0.760. The summed E-state index contributed by atoms with van der Waals surface area (Å²) in [5, 5.41) is 2.77. The van der Waals surface area contributed by atoms with E-state index in [1.807, 2.05) is 0 Å². The first kappa shape index (κ1) is 19.4. The van der Waals surface area contributed by atoms with Crippen molar-refractivity contribution < 1.29 is 18.0 Å². The smallest absolute Gasteiger partial charge is 0.237 e. The van der Waals surface area contributed by atoms with Crippen molar-refractivity contribution >= 4 is 21.7 Å². The normalized spacial score (nSPS) is 19.4. The molecule has 0 aliphatic carbocycles. The van der Waals surface area contributed by atoms with Gasteiger partial charge in [-0.1, -0.05) is 0 Å². The fourth-order valence-electron chi connectivity index (χ4n) is 2.95. The van der Waals surface area contributed by atoms with Crippen molar-refractivity contribution in [3.63, 3.8) is 0 Å². The summed E-state index contributed by atoms with van der Waals surface area (Å²) in [4.78, 5) is 30.9. The maximum atomic E-state index is 12.9. The van der Waals surface area contributed by atoms with E-state index in [4.69, 9.17) is 0 Å². The largest absolute Gasteiger partial charge is 0.351 e. The number of hydrogen-bond donors (Lipinski definition) is 1. The summed E-state index contributed by atoms with van der Waals surface area (Å²) < 4.78 is 23.4. The third kappa shape index (κ3) is 4.56. The summed E-state index contributed by atoms with van der Waals surface area (Å²) in [5.41, 5.74) is -0.379. The highest BCUT2D eigenvalue weighted by Gasteiger charge is 2.43. The van der Waals surface area contributed by atoms with Crippen LogP contribution in [0.4, 0.5) is 0 Å². The van der Waals surface area contributed by atoms with Crippen LogP contribution in [-0.4, -0.2) is 54.2 Å². The Kier molecular flexibility index (Phi) is 5.82. The summed E-state index contributed by atoms with van der Waals surface area (Å²) in [7, 11) is -3.10. The van der Waals surface area contributed by atoms with Crippen LogP contribution < -0.4 is 5.32 Å². The molecule has 7 nitrogen and oxygen atoms in total. The molecule has 2 rings (SSSR count). The molecule has 1 aromatic rings. The lowest BCUT2D eigenvalue weighted by Gasteiger charge is -2.34. The lowest BCUT2D eigenvalue weighted by atomic mass is 9.89. The predicted molar refractivity (Wildman–Crippen MR) is 94.3 cm³/mol. The Hall–Kier alpha value is -1.96. The summed E-state index contributed by atoms with van der Waals surface area (Å²) in [6, 6.07) is 3.22. The molecule has 2 heterocycles. The zero-order valence-corrected chi connectivity index (χ0v) is 15.7. The highest BCUT2D eigenvalue weighted by atomic mass is 32.2. The molecule has 1 aliphatic heterocycles. The molecule has 1 aliphatic rings. The van der Waals surface area contributed by atoms with E-state index in [2.05, 4.69) is 10.3 Å². The molecule has 8 heteroatoms. The molecule has 0 aromatic carbocycles. The first-order chi connectivity index (χ1) is 11.7. The molecule has 1 unspecified atom stereocenters. The quantitative estimate of drug-likeness (QED) is 0.749. The highest BCUT2D eigenvalue weighted by molar-refractivity contribution is 7.91. The van der Waals surface area contributed by atoms with Crippen LogP contribution in [-0.2, 0) is 26.0 Å². The Bertz CT molecular complexity index is 732. The maximum Gasteiger partial charge on any atom is 0.237 e. The van der Waals surface area contributed by atoms with Crippen molar-refractivity contribution in [3.8, 4) is 0 Å². The Morgan fingerprint density at radius 1 is 1.32 bits per heavy atom. The van der Waals surface area contributed by atoms with E-state index in [1.54, 1.807) is 45.3 Å². The van der Waals surface area contributed by atoms with E-state index in [0.29, 0.717) is 19.5 Å². The molecule has 0 bridgehead atoms. The van der Waals surface area contributed by atoms with Crippen LogP contribution in [0.25, 0.3) is 0 Å². The summed E-state index contributed by atoms with van der Waals surface area (Å²) in [6.45, 7) is 5.63. The van der Waals surface area contributed by atoms with E-state index < -0.39 is 15.3 Å². The van der Waals surface area contributed by atoms with Gasteiger partial charge in [-0.3, -0.25) is 14.6 Å². The minimum Gasteiger partial charge on any atom is -0.351 e. The number of aromatic nitrogens is 1. The van der Waals surface area contributed by atoms with E-state index in [0.717, 1.165) is 5.56 Å². The van der Waals surface area contributed by atoms with Crippen LogP contribution >= 0.6 is 0 Å². The first-order valence-electron chi connectivity index (χ1n) is 8.36. The van der Waals surface area contributed by atoms with Crippen molar-refractivity contribution in [2.75, 3.05) is 18.1 Å². The summed E-state index contributed by atoms with van der Waals surface area (Å²) >= 11 is 0. The topological polar surface area (TPSA) is 96.4 Å². The first-order valence-corrected chi connectivity index (χ1v) is 10.2. The van der Waals surface area contributed by atoms with Gasteiger partial charge in [-0.2, -0.15) is 0 Å². The Morgan fingerprint density at radius 2 is 1.96 bits per heavy atom. The number of carbonyl (C=O) groups is 2. The minimum atomic E-state index is -3.10.